The number of halogens is 1. The molecule has 0 saturated heterocycles. The Balaban J connectivity index is 1.89. The van der Waals surface area contributed by atoms with Crippen LogP contribution in [0.15, 0.2) is 23.2 Å². The van der Waals surface area contributed by atoms with Crippen molar-refractivity contribution >= 4 is 21.6 Å². The first-order valence-corrected chi connectivity index (χ1v) is 6.79. The highest BCUT2D eigenvalue weighted by atomic mass is 79.9. The number of rotatable bonds is 6. The first-order valence-electron chi connectivity index (χ1n) is 6.00. The Labute approximate surface area is 115 Å². The van der Waals surface area contributed by atoms with Crippen molar-refractivity contribution in [3.63, 3.8) is 0 Å². The van der Waals surface area contributed by atoms with Gasteiger partial charge in [-0.05, 0) is 49.5 Å². The minimum atomic E-state index is 0.821. The Morgan fingerprint density at radius 1 is 1.33 bits per heavy atom. The monoisotopic (exact) mass is 311 g/mol. The van der Waals surface area contributed by atoms with E-state index in [0.717, 1.165) is 42.0 Å². The van der Waals surface area contributed by atoms with E-state index in [0.29, 0.717) is 0 Å². The summed E-state index contributed by atoms with van der Waals surface area (Å²) in [7, 11) is 4.18. The molecular weight excluding hydrogens is 294 g/mol. The molecule has 0 saturated carbocycles. The molecule has 0 aromatic carbocycles. The van der Waals surface area contributed by atoms with Gasteiger partial charge in [0.1, 0.15) is 4.60 Å². The maximum atomic E-state index is 4.32. The maximum Gasteiger partial charge on any atom is 0.155 e. The minimum Gasteiger partial charge on any atom is -0.311 e. The molecule has 2 aromatic rings. The molecule has 0 atom stereocenters. The van der Waals surface area contributed by atoms with Crippen LogP contribution in [-0.4, -0.2) is 46.5 Å². The van der Waals surface area contributed by atoms with Gasteiger partial charge in [-0.15, -0.1) is 0 Å². The molecule has 0 fully saturated rings. The van der Waals surface area contributed by atoms with Gasteiger partial charge in [0.2, 0.25) is 0 Å². The third-order valence-electron chi connectivity index (χ3n) is 2.71. The third kappa shape index (κ3) is 3.51. The van der Waals surface area contributed by atoms with E-state index in [-0.39, 0.29) is 0 Å². The molecule has 0 aliphatic heterocycles. The summed E-state index contributed by atoms with van der Waals surface area (Å²) in [6, 6.07) is 0. The Kier molecular flexibility index (Phi) is 4.68. The highest BCUT2D eigenvalue weighted by molar-refractivity contribution is 9.10. The first-order chi connectivity index (χ1) is 8.66. The van der Waals surface area contributed by atoms with E-state index in [1.54, 1.807) is 6.20 Å². The zero-order valence-corrected chi connectivity index (χ0v) is 12.3. The molecule has 2 aromatic heterocycles. The first kappa shape index (κ1) is 13.5. The number of fused-ring (bicyclic) bond motifs is 1. The normalized spacial score (nSPS) is 11.6. The SMILES string of the molecule is CN(C)CCCNCc1cnc2cnc(Br)cn12. The van der Waals surface area contributed by atoms with Crippen LogP contribution in [0.4, 0.5) is 0 Å². The van der Waals surface area contributed by atoms with Crippen molar-refractivity contribution in [2.24, 2.45) is 0 Å². The van der Waals surface area contributed by atoms with Crippen LogP contribution in [-0.2, 0) is 6.54 Å². The molecule has 2 heterocycles. The van der Waals surface area contributed by atoms with Crippen LogP contribution in [0.25, 0.3) is 5.65 Å². The van der Waals surface area contributed by atoms with Crippen molar-refractivity contribution in [2.45, 2.75) is 13.0 Å². The number of hydrogen-bond acceptors (Lipinski definition) is 4. The molecule has 0 unspecified atom stereocenters. The fourth-order valence-electron chi connectivity index (χ4n) is 1.78. The average molecular weight is 312 g/mol. The molecule has 5 nitrogen and oxygen atoms in total. The molecule has 0 amide bonds. The van der Waals surface area contributed by atoms with Crippen LogP contribution in [0, 0.1) is 0 Å². The number of aromatic nitrogens is 3. The summed E-state index contributed by atoms with van der Waals surface area (Å²) < 4.78 is 2.87. The largest absolute Gasteiger partial charge is 0.311 e. The van der Waals surface area contributed by atoms with E-state index >= 15 is 0 Å². The van der Waals surface area contributed by atoms with Gasteiger partial charge in [-0.25, -0.2) is 9.97 Å². The fourth-order valence-corrected chi connectivity index (χ4v) is 2.09. The van der Waals surface area contributed by atoms with Crippen LogP contribution in [0.5, 0.6) is 0 Å². The zero-order chi connectivity index (χ0) is 13.0. The van der Waals surface area contributed by atoms with Crippen molar-refractivity contribution < 1.29 is 0 Å². The zero-order valence-electron chi connectivity index (χ0n) is 10.7. The van der Waals surface area contributed by atoms with E-state index in [1.165, 1.54) is 0 Å². The summed E-state index contributed by atoms with van der Waals surface area (Å²) in [5.74, 6) is 0. The van der Waals surface area contributed by atoms with Gasteiger partial charge < -0.3 is 10.2 Å². The van der Waals surface area contributed by atoms with Crippen LogP contribution in [0.3, 0.4) is 0 Å². The lowest BCUT2D eigenvalue weighted by Gasteiger charge is -2.09. The summed E-state index contributed by atoms with van der Waals surface area (Å²) in [4.78, 5) is 10.7. The predicted octanol–water partition coefficient (Wildman–Crippen LogP) is 1.53. The highest BCUT2D eigenvalue weighted by Gasteiger charge is 2.03. The van der Waals surface area contributed by atoms with Crippen molar-refractivity contribution in [2.75, 3.05) is 27.2 Å². The second kappa shape index (κ2) is 6.26. The third-order valence-corrected chi connectivity index (χ3v) is 3.12. The van der Waals surface area contributed by atoms with Crippen LogP contribution in [0.2, 0.25) is 0 Å². The Morgan fingerprint density at radius 3 is 2.94 bits per heavy atom. The van der Waals surface area contributed by atoms with Crippen molar-refractivity contribution in [1.82, 2.24) is 24.6 Å². The lowest BCUT2D eigenvalue weighted by Crippen LogP contribution is -2.21. The standard InChI is InChI=1S/C12H18BrN5/c1-17(2)5-3-4-14-6-10-7-16-12-8-15-11(13)9-18(10)12/h7-9,14H,3-6H2,1-2H3. The molecule has 98 valence electrons. The Bertz CT molecular complexity index is 508. The lowest BCUT2D eigenvalue weighted by atomic mass is 10.4. The predicted molar refractivity (Wildman–Crippen MR) is 75.6 cm³/mol. The van der Waals surface area contributed by atoms with E-state index < -0.39 is 0 Å². The second-order valence-electron chi connectivity index (χ2n) is 4.52. The quantitative estimate of drug-likeness (QED) is 0.822. The van der Waals surface area contributed by atoms with E-state index in [9.17, 15) is 0 Å². The lowest BCUT2D eigenvalue weighted by molar-refractivity contribution is 0.394. The maximum absolute atomic E-state index is 4.32. The molecule has 0 radical (unpaired) electrons. The van der Waals surface area contributed by atoms with Gasteiger partial charge in [0.25, 0.3) is 0 Å². The van der Waals surface area contributed by atoms with Gasteiger partial charge in [-0.3, -0.25) is 4.40 Å². The van der Waals surface area contributed by atoms with Gasteiger partial charge >= 0.3 is 0 Å². The smallest absolute Gasteiger partial charge is 0.155 e. The molecule has 0 aliphatic carbocycles. The summed E-state index contributed by atoms with van der Waals surface area (Å²) in [5, 5.41) is 3.43. The van der Waals surface area contributed by atoms with Crippen LogP contribution in [0.1, 0.15) is 12.1 Å². The topological polar surface area (TPSA) is 45.5 Å². The van der Waals surface area contributed by atoms with Gasteiger partial charge in [0.05, 0.1) is 18.1 Å². The van der Waals surface area contributed by atoms with Gasteiger partial charge in [-0.2, -0.15) is 0 Å². The van der Waals surface area contributed by atoms with Crippen LogP contribution < -0.4 is 5.32 Å². The number of nitrogens with zero attached hydrogens (tertiary/aromatic N) is 4. The molecule has 18 heavy (non-hydrogen) atoms. The van der Waals surface area contributed by atoms with E-state index in [2.05, 4.69) is 54.6 Å². The molecular formula is C12H18BrN5. The molecule has 2 rings (SSSR count). The minimum absolute atomic E-state index is 0.821. The average Bonchev–Trinajstić information content (AvgIpc) is 2.71. The van der Waals surface area contributed by atoms with Gasteiger partial charge in [0, 0.05) is 12.7 Å². The van der Waals surface area contributed by atoms with Gasteiger partial charge in [0.15, 0.2) is 5.65 Å². The number of hydrogen-bond donors (Lipinski definition) is 1. The molecule has 0 aliphatic rings. The van der Waals surface area contributed by atoms with Crippen molar-refractivity contribution in [1.29, 1.82) is 0 Å². The highest BCUT2D eigenvalue weighted by Crippen LogP contribution is 2.10. The van der Waals surface area contributed by atoms with Crippen molar-refractivity contribution in [3.8, 4) is 0 Å². The molecule has 0 spiro atoms. The second-order valence-corrected chi connectivity index (χ2v) is 5.33. The van der Waals surface area contributed by atoms with Crippen molar-refractivity contribution in [3.05, 3.63) is 28.9 Å². The number of nitrogens with one attached hydrogen (secondary N) is 1. The summed E-state index contributed by atoms with van der Waals surface area (Å²) >= 11 is 3.37. The number of imidazole rings is 1. The fraction of sp³-hybridized carbons (Fsp3) is 0.500. The molecule has 1 N–H and O–H groups in total. The summed E-state index contributed by atoms with van der Waals surface area (Å²) in [6.07, 6.45) is 6.75. The molecule has 0 bridgehead atoms. The Hall–Kier alpha value is -0.980. The van der Waals surface area contributed by atoms with Crippen LogP contribution >= 0.6 is 15.9 Å². The Morgan fingerprint density at radius 2 is 2.17 bits per heavy atom. The summed E-state index contributed by atoms with van der Waals surface area (Å²) in [5.41, 5.74) is 2.03. The van der Waals surface area contributed by atoms with E-state index in [4.69, 9.17) is 0 Å². The van der Waals surface area contributed by atoms with Gasteiger partial charge in [-0.1, -0.05) is 0 Å². The molecule has 6 heteroatoms. The summed E-state index contributed by atoms with van der Waals surface area (Å²) in [6.45, 7) is 2.94. The van der Waals surface area contributed by atoms with E-state index in [1.807, 2.05) is 12.4 Å².